The maximum Gasteiger partial charge on any atom is 0.323 e. The Morgan fingerprint density at radius 1 is 0.562 bits per heavy atom. The Labute approximate surface area is 794 Å². The maximum absolute atomic E-state index is 15.8. The molecule has 16 atom stereocenters. The molecule has 742 valence electrons. The van der Waals surface area contributed by atoms with Gasteiger partial charge in [0.2, 0.25) is 88.6 Å². The molecule has 43 nitrogen and oxygen atoms in total. The number of nitrogens with one attached hydrogen (secondary N) is 10. The van der Waals surface area contributed by atoms with Gasteiger partial charge in [0.15, 0.2) is 17.3 Å². The molecular formula is C93H125N19O24S. The van der Waals surface area contributed by atoms with Crippen LogP contribution in [0.25, 0.3) is 21.8 Å². The number of ketones is 3. The number of nitrogens with two attached hydrogens (primary N) is 3. The van der Waals surface area contributed by atoms with Crippen molar-refractivity contribution in [1.82, 2.24) is 81.7 Å². The number of carboxylic acid groups (broad SMARTS) is 1. The van der Waals surface area contributed by atoms with E-state index in [2.05, 4.69) is 57.5 Å². The predicted octanol–water partition coefficient (Wildman–Crippen LogP) is -1.80. The van der Waals surface area contributed by atoms with E-state index in [4.69, 9.17) is 21.9 Å². The van der Waals surface area contributed by atoms with Crippen LogP contribution >= 0.6 is 11.8 Å². The molecule has 5 heterocycles. The molecule has 3 fully saturated rings. The molecule has 2 aliphatic heterocycles. The number of H-pyrrole nitrogens is 2. The fourth-order valence-electron chi connectivity index (χ4n) is 17.4. The number of amides is 15. The number of unbranched alkanes of at least 4 members (excludes halogenated alkanes) is 2. The number of fused-ring (bicyclic) bond motifs is 4. The number of thioether (sulfide) groups is 1. The van der Waals surface area contributed by atoms with Crippen molar-refractivity contribution in [2.24, 2.45) is 35.0 Å². The number of aliphatic hydroxyl groups excluding tert-OH is 3. The fourth-order valence-corrected chi connectivity index (χ4v) is 18.3. The van der Waals surface area contributed by atoms with Crippen molar-refractivity contribution < 1.29 is 116 Å². The first-order valence-electron chi connectivity index (χ1n) is 45.7. The molecule has 3 aliphatic rings. The van der Waals surface area contributed by atoms with E-state index in [1.54, 1.807) is 92.8 Å². The van der Waals surface area contributed by atoms with E-state index in [9.17, 15) is 78.0 Å². The van der Waals surface area contributed by atoms with Crippen LogP contribution in [-0.2, 0) is 123 Å². The number of benzene rings is 3. The third kappa shape index (κ3) is 29.3. The molecule has 1 unspecified atom stereocenters. The lowest BCUT2D eigenvalue weighted by atomic mass is 9.85. The third-order valence-corrected chi connectivity index (χ3v) is 26.2. The summed E-state index contributed by atoms with van der Waals surface area (Å²) in [6, 6.07) is 0.481. The largest absolute Gasteiger partial charge is 0.497 e. The predicted molar refractivity (Wildman–Crippen MR) is 496 cm³/mol. The van der Waals surface area contributed by atoms with Crippen molar-refractivity contribution >= 4 is 145 Å². The van der Waals surface area contributed by atoms with Gasteiger partial charge in [-0.2, -0.15) is 0 Å². The number of Topliss-reactive ketones (excluding diaryl/α,β-unsaturated/α-hetero) is 3. The molecule has 9 rings (SSSR count). The summed E-state index contributed by atoms with van der Waals surface area (Å²) < 4.78 is 6.73. The first-order chi connectivity index (χ1) is 65.3. The van der Waals surface area contributed by atoms with E-state index in [-0.39, 0.29) is 63.6 Å². The molecule has 15 amide bonds. The number of nitrogens with zero attached hydrogens (tertiary/aromatic N) is 6. The average Bonchev–Trinajstić information content (AvgIpc) is 1.63. The minimum absolute atomic E-state index is 0.0627. The molecule has 44 heteroatoms. The zero-order chi connectivity index (χ0) is 100. The smallest absolute Gasteiger partial charge is 0.323 e. The highest BCUT2D eigenvalue weighted by Gasteiger charge is 2.48. The van der Waals surface area contributed by atoms with Gasteiger partial charge in [-0.3, -0.25) is 91.1 Å². The second kappa shape index (κ2) is 50.9. The molecule has 20 N–H and O–H groups in total. The highest BCUT2D eigenvalue weighted by Crippen LogP contribution is 2.36. The number of primary amides is 3. The zero-order valence-electron chi connectivity index (χ0n) is 77.6. The highest BCUT2D eigenvalue weighted by molar-refractivity contribution is 8.00. The van der Waals surface area contributed by atoms with Crippen LogP contribution < -0.4 is 64.5 Å². The van der Waals surface area contributed by atoms with Crippen LogP contribution in [0, 0.1) is 17.8 Å². The van der Waals surface area contributed by atoms with Crippen molar-refractivity contribution in [3.63, 3.8) is 0 Å². The van der Waals surface area contributed by atoms with Crippen molar-refractivity contribution in [3.05, 3.63) is 120 Å². The van der Waals surface area contributed by atoms with E-state index in [1.165, 1.54) is 58.5 Å². The Kier molecular flexibility index (Phi) is 39.8. The molecule has 0 bridgehead atoms. The number of aromatic nitrogens is 4. The number of para-hydroxylation sites is 2. The van der Waals surface area contributed by atoms with Gasteiger partial charge >= 0.3 is 5.97 Å². The number of aliphatic carboxylic acids is 1. The van der Waals surface area contributed by atoms with E-state index in [1.807, 2.05) is 0 Å². The van der Waals surface area contributed by atoms with Crippen molar-refractivity contribution in [1.29, 1.82) is 0 Å². The van der Waals surface area contributed by atoms with E-state index >= 15 is 33.6 Å². The summed E-state index contributed by atoms with van der Waals surface area (Å²) in [5.74, 6) is -23.8. The monoisotopic (exact) mass is 1920 g/mol. The Hall–Kier alpha value is -13.5. The van der Waals surface area contributed by atoms with Gasteiger partial charge in [0.1, 0.15) is 66.7 Å². The van der Waals surface area contributed by atoms with Crippen molar-refractivity contribution in [2.75, 3.05) is 59.5 Å². The molecule has 0 radical (unpaired) electrons. The van der Waals surface area contributed by atoms with Crippen LogP contribution in [0.4, 0.5) is 0 Å². The second-order valence-corrected chi connectivity index (χ2v) is 36.0. The Bertz CT molecular complexity index is 5360. The molecule has 1 saturated carbocycles. The Balaban J connectivity index is 1.11. The first kappa shape index (κ1) is 107. The van der Waals surface area contributed by atoms with Crippen LogP contribution in [0.15, 0.2) is 97.7 Å². The van der Waals surface area contributed by atoms with Crippen LogP contribution in [0.2, 0.25) is 0 Å². The zero-order valence-corrected chi connectivity index (χ0v) is 78.5. The number of methoxy groups -OCH3 is 1. The van der Waals surface area contributed by atoms with E-state index in [0.717, 1.165) is 31.4 Å². The van der Waals surface area contributed by atoms with E-state index < -0.39 is 304 Å². The van der Waals surface area contributed by atoms with Gasteiger partial charge in [-0.25, -0.2) is 4.98 Å². The molecule has 1 aliphatic carbocycles. The van der Waals surface area contributed by atoms with Crippen molar-refractivity contribution in [3.8, 4) is 5.75 Å². The minimum atomic E-state index is -1.87. The number of carbonyl (C=O) groups is 19. The lowest BCUT2D eigenvalue weighted by Gasteiger charge is -2.36. The first-order valence-corrected chi connectivity index (χ1v) is 46.8. The van der Waals surface area contributed by atoms with Crippen molar-refractivity contribution in [2.45, 2.75) is 234 Å². The number of carboxylic acids is 1. The molecular weight excluding hydrogens is 1800 g/mol. The number of imidazole rings is 1. The van der Waals surface area contributed by atoms with Gasteiger partial charge in [0.25, 0.3) is 0 Å². The molecule has 137 heavy (non-hydrogen) atoms. The van der Waals surface area contributed by atoms with E-state index in [0.29, 0.717) is 57.1 Å². The van der Waals surface area contributed by atoms with Gasteiger partial charge in [0, 0.05) is 131 Å². The summed E-state index contributed by atoms with van der Waals surface area (Å²) in [5, 5.41) is 65.8. The second-order valence-electron chi connectivity index (χ2n) is 35.0. The molecule has 0 spiro atoms. The Morgan fingerprint density at radius 2 is 1.17 bits per heavy atom. The summed E-state index contributed by atoms with van der Waals surface area (Å²) in [7, 11) is 5.19. The summed E-state index contributed by atoms with van der Waals surface area (Å²) in [5.41, 5.74) is 19.3. The van der Waals surface area contributed by atoms with Gasteiger partial charge in [-0.15, -0.1) is 11.8 Å². The standard InChI is InChI=1S/C93H125N19O24S/c1-8-10-20-72-88(130)106-69(46-114)87(129)107-70(75(116)29-31-78(95)119)47-137-48-80(121)100-66(33-51-24-26-57(136-7)27-25-51)90(132)108(4)50(3)83(125)104-68(40-79(96)120)92(134)112-32-16-23-73(112)89(131)103-65(37-55-42-97-49-99-55)86(128)101-63(28-30-77(94)118)82(124)60-38-56(115)39-61(60)85(127)102-64(34-52-41-98-62-19-14-12-17-58(52)62)76(117)36-54(45-113)84(126)105-67(91(133)110(6)74(21-11-9-2)93(135)109(72)5)35-53-43-111(44-81(122)123)71-22-15-13-18-59(53)71/h12-15,17-19,22,24-27,41-43,49-50,54,56,60-61,63-70,72-74,98,113-115H,8-11,16,20-21,23,28-40,44-48H2,1-7H3,(H2,94,118)(H2,95,119)(H2,96,120)(H,97,99)(H,100,121)(H,101,128)(H,102,127)(H,103,131)(H,104,125)(H,105,126)(H,106,130)(H,107,129)(H,122,123)/t50-,54-,56-,60?,61+,63-,64-,65-,66-,67-,68-,69-,70-,72-,73-,74-/m0/s1. The number of hydrogen-bond donors (Lipinski definition) is 17. The van der Waals surface area contributed by atoms with Crippen LogP contribution in [0.1, 0.15) is 146 Å². The van der Waals surface area contributed by atoms with Crippen LogP contribution in [0.5, 0.6) is 5.75 Å². The molecule has 2 saturated heterocycles. The van der Waals surface area contributed by atoms with Gasteiger partial charge in [-0.1, -0.05) is 88.1 Å². The summed E-state index contributed by atoms with van der Waals surface area (Å²) in [4.78, 5) is 289. The number of hydrogen-bond acceptors (Lipinski definition) is 25. The van der Waals surface area contributed by atoms with Crippen LogP contribution in [0.3, 0.4) is 0 Å². The lowest BCUT2D eigenvalue weighted by Crippen LogP contribution is -2.60. The fraction of sp³-hybridized carbons (Fsp3) is 0.527. The number of aromatic amines is 2. The number of rotatable bonds is 28. The van der Waals surface area contributed by atoms with Crippen LogP contribution in [-0.4, -0.2) is 310 Å². The SMILES string of the molecule is CCCC[C@H]1C(=O)N(C)[C@@H](CCCC)C(=O)N[C@@H](CO)C(=O)N[C@H](C(=O)CCC(N)=O)CSCC(=O)N[C@@H](Cc2ccc(OC)cc2)C(=O)N(C)[C@@H](C)C(=O)N[C@@H](CC(N)=O)C(=O)N2CCC[C@H]2C(=O)N[C@@H](Cc2c[nH]cn2)C(=O)N[C@@H](CCC(N)=O)C(=O)C2C[C@H](O)C[C@H]2C(=O)N[C@@H](Cc2c[nH]c3ccccc23)C(=O)C[C@@H](CO)C(=O)N[C@@H](Cc2cn(CC(=O)O)c3ccccc23)C(=O)N1C. The normalized spacial score (nSPS) is 25.1. The number of likely N-dealkylation sites (N-methyl/N-ethyl adjacent to an activating group) is 3. The molecule has 3 aromatic carbocycles. The maximum atomic E-state index is 15.8. The summed E-state index contributed by atoms with van der Waals surface area (Å²) in [6.07, 6.45) is -0.348. The Morgan fingerprint density at radius 3 is 1.82 bits per heavy atom. The topological polar surface area (TPSA) is 651 Å². The van der Waals surface area contributed by atoms with Gasteiger partial charge < -0.3 is 119 Å². The lowest BCUT2D eigenvalue weighted by molar-refractivity contribution is -0.149. The number of carbonyl (C=O) groups excluding carboxylic acids is 18. The van der Waals surface area contributed by atoms with Gasteiger partial charge in [0.05, 0.1) is 80.6 Å². The highest BCUT2D eigenvalue weighted by atomic mass is 32.2. The number of ether oxygens (including phenoxy) is 1. The average molecular weight is 1930 g/mol. The summed E-state index contributed by atoms with van der Waals surface area (Å²) >= 11 is 0.763. The molecule has 3 aromatic heterocycles. The third-order valence-electron chi connectivity index (χ3n) is 25.2. The quantitative estimate of drug-likeness (QED) is 0.0258. The van der Waals surface area contributed by atoms with Gasteiger partial charge in [-0.05, 0) is 92.8 Å². The molecule has 6 aromatic rings. The summed E-state index contributed by atoms with van der Waals surface area (Å²) in [6.45, 7) is 1.96. The minimum Gasteiger partial charge on any atom is -0.497 e. The number of aliphatic hydroxyl groups is 3.